The molecule has 0 amide bonds. The minimum Gasteiger partial charge on any atom is -0.311 e. The minimum absolute atomic E-state index is 0.739. The van der Waals surface area contributed by atoms with Crippen molar-refractivity contribution in [2.75, 3.05) is 13.6 Å². The molecule has 16 heavy (non-hydrogen) atoms. The van der Waals surface area contributed by atoms with Crippen molar-refractivity contribution >= 4 is 0 Å². The number of hydrogen-bond donors (Lipinski definition) is 1. The predicted molar refractivity (Wildman–Crippen MR) is 69.7 cm³/mol. The lowest BCUT2D eigenvalue weighted by molar-refractivity contribution is 0.157. The molecule has 2 unspecified atom stereocenters. The van der Waals surface area contributed by atoms with Crippen LogP contribution >= 0.6 is 0 Å². The van der Waals surface area contributed by atoms with Crippen LogP contribution in [0.3, 0.4) is 0 Å². The number of nitrogens with one attached hydrogen (secondary N) is 1. The van der Waals surface area contributed by atoms with Gasteiger partial charge in [-0.05, 0) is 59.0 Å². The van der Waals surface area contributed by atoms with Crippen LogP contribution in [0.15, 0.2) is 0 Å². The molecule has 2 rings (SSSR count). The van der Waals surface area contributed by atoms with E-state index in [2.05, 4.69) is 31.1 Å². The van der Waals surface area contributed by atoms with Crippen LogP contribution in [0.25, 0.3) is 0 Å². The SMILES string of the molecule is CC1CC(N[C@@H](C)C2CCCC2)CCN1C. The zero-order chi connectivity index (χ0) is 11.5. The van der Waals surface area contributed by atoms with Gasteiger partial charge in [0.15, 0.2) is 0 Å². The van der Waals surface area contributed by atoms with Crippen molar-refractivity contribution in [3.05, 3.63) is 0 Å². The first-order chi connectivity index (χ1) is 7.66. The average Bonchev–Trinajstić information content (AvgIpc) is 2.77. The van der Waals surface area contributed by atoms with Crippen LogP contribution in [-0.4, -0.2) is 36.6 Å². The molecule has 0 aromatic carbocycles. The second-order valence-corrected chi connectivity index (χ2v) is 6.05. The van der Waals surface area contributed by atoms with E-state index in [0.29, 0.717) is 0 Å². The second-order valence-electron chi connectivity index (χ2n) is 6.05. The third kappa shape index (κ3) is 2.98. The largest absolute Gasteiger partial charge is 0.311 e. The number of piperidine rings is 1. The fraction of sp³-hybridized carbons (Fsp3) is 1.00. The summed E-state index contributed by atoms with van der Waals surface area (Å²) in [6.07, 6.45) is 8.49. The minimum atomic E-state index is 0.739. The third-order valence-electron chi connectivity index (χ3n) is 4.81. The van der Waals surface area contributed by atoms with Gasteiger partial charge in [-0.25, -0.2) is 0 Å². The van der Waals surface area contributed by atoms with Crippen molar-refractivity contribution in [2.45, 2.75) is 70.5 Å². The fourth-order valence-electron chi connectivity index (χ4n) is 3.41. The maximum absolute atomic E-state index is 3.89. The monoisotopic (exact) mass is 224 g/mol. The van der Waals surface area contributed by atoms with Gasteiger partial charge < -0.3 is 10.2 Å². The molecule has 2 nitrogen and oxygen atoms in total. The molecule has 2 aliphatic rings. The van der Waals surface area contributed by atoms with Crippen LogP contribution in [0, 0.1) is 5.92 Å². The van der Waals surface area contributed by atoms with Gasteiger partial charge in [0.2, 0.25) is 0 Å². The van der Waals surface area contributed by atoms with Crippen LogP contribution in [0.2, 0.25) is 0 Å². The summed E-state index contributed by atoms with van der Waals surface area (Å²) in [5.41, 5.74) is 0. The van der Waals surface area contributed by atoms with Crippen LogP contribution in [0.4, 0.5) is 0 Å². The molecular weight excluding hydrogens is 196 g/mol. The standard InChI is InChI=1S/C14H28N2/c1-11-10-14(8-9-16(11)3)15-12(2)13-6-4-5-7-13/h11-15H,4-10H2,1-3H3/t11?,12-,14?/m0/s1. The van der Waals surface area contributed by atoms with Crippen LogP contribution in [-0.2, 0) is 0 Å². The molecule has 0 aromatic rings. The van der Waals surface area contributed by atoms with Gasteiger partial charge in [0, 0.05) is 18.1 Å². The Balaban J connectivity index is 1.76. The maximum Gasteiger partial charge on any atom is 0.00966 e. The van der Waals surface area contributed by atoms with Gasteiger partial charge in [0.25, 0.3) is 0 Å². The molecule has 3 atom stereocenters. The van der Waals surface area contributed by atoms with Crippen molar-refractivity contribution in [1.82, 2.24) is 10.2 Å². The van der Waals surface area contributed by atoms with Gasteiger partial charge in [-0.15, -0.1) is 0 Å². The van der Waals surface area contributed by atoms with E-state index in [0.717, 1.165) is 24.0 Å². The lowest BCUT2D eigenvalue weighted by Gasteiger charge is -2.37. The van der Waals surface area contributed by atoms with Crippen molar-refractivity contribution in [1.29, 1.82) is 0 Å². The first-order valence-electron chi connectivity index (χ1n) is 7.13. The van der Waals surface area contributed by atoms with E-state index in [-0.39, 0.29) is 0 Å². The van der Waals surface area contributed by atoms with Crippen molar-refractivity contribution in [3.8, 4) is 0 Å². The summed E-state index contributed by atoms with van der Waals surface area (Å²) in [6, 6.07) is 2.26. The molecule has 1 saturated heterocycles. The normalized spacial score (nSPS) is 35.4. The summed E-state index contributed by atoms with van der Waals surface area (Å²) in [6.45, 7) is 6.02. The Bertz CT molecular complexity index is 211. The summed E-state index contributed by atoms with van der Waals surface area (Å²) in [4.78, 5) is 2.48. The molecule has 0 spiro atoms. The summed E-state index contributed by atoms with van der Waals surface area (Å²) in [5.74, 6) is 0.954. The van der Waals surface area contributed by atoms with Crippen LogP contribution < -0.4 is 5.32 Å². The number of rotatable bonds is 3. The summed E-state index contributed by atoms with van der Waals surface area (Å²) in [5, 5.41) is 3.89. The summed E-state index contributed by atoms with van der Waals surface area (Å²) in [7, 11) is 2.25. The van der Waals surface area contributed by atoms with E-state index < -0.39 is 0 Å². The van der Waals surface area contributed by atoms with Gasteiger partial charge in [-0.3, -0.25) is 0 Å². The molecule has 1 heterocycles. The maximum atomic E-state index is 3.89. The molecule has 2 fully saturated rings. The van der Waals surface area contributed by atoms with Gasteiger partial charge >= 0.3 is 0 Å². The van der Waals surface area contributed by atoms with Crippen molar-refractivity contribution in [3.63, 3.8) is 0 Å². The number of hydrogen-bond acceptors (Lipinski definition) is 2. The highest BCUT2D eigenvalue weighted by Crippen LogP contribution is 2.28. The van der Waals surface area contributed by atoms with E-state index in [4.69, 9.17) is 0 Å². The molecule has 2 heteroatoms. The summed E-state index contributed by atoms with van der Waals surface area (Å²) < 4.78 is 0. The Morgan fingerprint density at radius 3 is 2.50 bits per heavy atom. The second kappa shape index (κ2) is 5.50. The third-order valence-corrected chi connectivity index (χ3v) is 4.81. The molecule has 0 radical (unpaired) electrons. The first-order valence-corrected chi connectivity index (χ1v) is 7.13. The number of likely N-dealkylation sites (tertiary alicyclic amines) is 1. The molecule has 1 saturated carbocycles. The molecule has 94 valence electrons. The first kappa shape index (κ1) is 12.4. The highest BCUT2D eigenvalue weighted by molar-refractivity contribution is 4.85. The Morgan fingerprint density at radius 1 is 1.19 bits per heavy atom. The van der Waals surface area contributed by atoms with Gasteiger partial charge in [0.1, 0.15) is 0 Å². The molecular formula is C14H28N2. The quantitative estimate of drug-likeness (QED) is 0.793. The lowest BCUT2D eigenvalue weighted by atomic mass is 9.94. The van der Waals surface area contributed by atoms with E-state index in [9.17, 15) is 0 Å². The smallest absolute Gasteiger partial charge is 0.00966 e. The Kier molecular flexibility index (Phi) is 4.26. The Labute approximate surface area is 101 Å². The average molecular weight is 224 g/mol. The van der Waals surface area contributed by atoms with Gasteiger partial charge in [0.05, 0.1) is 0 Å². The highest BCUT2D eigenvalue weighted by atomic mass is 15.1. The molecule has 1 aliphatic carbocycles. The zero-order valence-corrected chi connectivity index (χ0v) is 11.2. The Hall–Kier alpha value is -0.0800. The molecule has 1 aliphatic heterocycles. The van der Waals surface area contributed by atoms with Crippen LogP contribution in [0.1, 0.15) is 52.4 Å². The predicted octanol–water partition coefficient (Wildman–Crippen LogP) is 2.64. The van der Waals surface area contributed by atoms with E-state index in [1.54, 1.807) is 0 Å². The van der Waals surface area contributed by atoms with Gasteiger partial charge in [-0.2, -0.15) is 0 Å². The zero-order valence-electron chi connectivity index (χ0n) is 11.2. The fourth-order valence-corrected chi connectivity index (χ4v) is 3.41. The van der Waals surface area contributed by atoms with Crippen molar-refractivity contribution in [2.24, 2.45) is 5.92 Å². The van der Waals surface area contributed by atoms with E-state index in [1.807, 2.05) is 0 Å². The summed E-state index contributed by atoms with van der Waals surface area (Å²) >= 11 is 0. The van der Waals surface area contributed by atoms with E-state index >= 15 is 0 Å². The van der Waals surface area contributed by atoms with E-state index in [1.165, 1.54) is 45.1 Å². The topological polar surface area (TPSA) is 15.3 Å². The van der Waals surface area contributed by atoms with Crippen molar-refractivity contribution < 1.29 is 0 Å². The molecule has 1 N–H and O–H groups in total. The molecule has 0 aromatic heterocycles. The number of nitrogens with zero attached hydrogens (tertiary/aromatic N) is 1. The van der Waals surface area contributed by atoms with Gasteiger partial charge in [-0.1, -0.05) is 12.8 Å². The van der Waals surface area contributed by atoms with Crippen LogP contribution in [0.5, 0.6) is 0 Å². The highest BCUT2D eigenvalue weighted by Gasteiger charge is 2.27. The Morgan fingerprint density at radius 2 is 1.88 bits per heavy atom. The lowest BCUT2D eigenvalue weighted by Crippen LogP contribution is -2.49. The molecule has 0 bridgehead atoms.